The Kier molecular flexibility index (Phi) is 5.06. The predicted molar refractivity (Wildman–Crippen MR) is 112 cm³/mol. The fourth-order valence-electron chi connectivity index (χ4n) is 2.75. The number of carbonyl (C=O) groups excluding carboxylic acids is 1. The van der Waals surface area contributed by atoms with Crippen LogP contribution in [0.5, 0.6) is 0 Å². The second kappa shape index (κ2) is 8.14. The summed E-state index contributed by atoms with van der Waals surface area (Å²) in [5.41, 5.74) is 3.97. The van der Waals surface area contributed by atoms with Crippen LogP contribution in [-0.2, 0) is 0 Å². The van der Waals surface area contributed by atoms with Crippen LogP contribution in [0.15, 0.2) is 97.2 Å². The zero-order valence-electron chi connectivity index (χ0n) is 15.0. The molecular weight excluding hydrogens is 348 g/mol. The summed E-state index contributed by atoms with van der Waals surface area (Å²) < 4.78 is 0. The van der Waals surface area contributed by atoms with Crippen LogP contribution in [0.4, 0.5) is 17.3 Å². The first kappa shape index (κ1) is 17.4. The van der Waals surface area contributed by atoms with Crippen LogP contribution < -0.4 is 10.6 Å². The van der Waals surface area contributed by atoms with Gasteiger partial charge in [-0.3, -0.25) is 4.79 Å². The van der Waals surface area contributed by atoms with Gasteiger partial charge >= 0.3 is 0 Å². The van der Waals surface area contributed by atoms with Gasteiger partial charge in [-0.15, -0.1) is 0 Å². The Morgan fingerprint density at radius 1 is 0.714 bits per heavy atom. The third-order valence-electron chi connectivity index (χ3n) is 4.16. The Balaban J connectivity index is 1.49. The van der Waals surface area contributed by atoms with Gasteiger partial charge in [-0.05, 0) is 42.5 Å². The van der Waals surface area contributed by atoms with Crippen molar-refractivity contribution in [2.75, 3.05) is 10.6 Å². The molecule has 28 heavy (non-hydrogen) atoms. The largest absolute Gasteiger partial charge is 0.324 e. The third-order valence-corrected chi connectivity index (χ3v) is 4.16. The number of aromatic nitrogens is 2. The molecule has 1 heterocycles. The lowest BCUT2D eigenvalue weighted by atomic mass is 10.1. The number of benzene rings is 3. The molecule has 0 aliphatic heterocycles. The maximum atomic E-state index is 12.4. The Labute approximate surface area is 163 Å². The standard InChI is InChI=1S/C23H18N4O/c28-22(25-19-7-3-1-4-8-19)18-13-11-17(12-14-18)21-15-16-24-23(27-21)26-20-9-5-2-6-10-20/h1-16H,(H,25,28)(H,24,26,27). The van der Waals surface area contributed by atoms with Crippen LogP contribution in [-0.4, -0.2) is 15.9 Å². The molecular formula is C23H18N4O. The van der Waals surface area contributed by atoms with Crippen LogP contribution in [0, 0.1) is 0 Å². The Hall–Kier alpha value is -3.99. The van der Waals surface area contributed by atoms with Crippen LogP contribution in [0.25, 0.3) is 11.3 Å². The highest BCUT2D eigenvalue weighted by molar-refractivity contribution is 6.04. The van der Waals surface area contributed by atoms with Crippen LogP contribution in [0.3, 0.4) is 0 Å². The number of amides is 1. The molecule has 136 valence electrons. The number of anilines is 3. The fraction of sp³-hybridized carbons (Fsp3) is 0. The number of hydrogen-bond acceptors (Lipinski definition) is 4. The number of carbonyl (C=O) groups is 1. The molecule has 0 saturated carbocycles. The van der Waals surface area contributed by atoms with Crippen molar-refractivity contribution in [3.05, 3.63) is 103 Å². The van der Waals surface area contributed by atoms with Crippen molar-refractivity contribution in [3.63, 3.8) is 0 Å². The van der Waals surface area contributed by atoms with Crippen molar-refractivity contribution < 1.29 is 4.79 Å². The molecule has 4 rings (SSSR count). The molecule has 0 radical (unpaired) electrons. The molecule has 1 aromatic heterocycles. The minimum atomic E-state index is -0.146. The summed E-state index contributed by atoms with van der Waals surface area (Å²) in [5.74, 6) is 0.376. The highest BCUT2D eigenvalue weighted by Crippen LogP contribution is 2.20. The first-order valence-electron chi connectivity index (χ1n) is 8.90. The van der Waals surface area contributed by atoms with E-state index in [9.17, 15) is 4.79 Å². The van der Waals surface area contributed by atoms with Crippen molar-refractivity contribution >= 4 is 23.2 Å². The molecule has 5 heteroatoms. The number of para-hydroxylation sites is 2. The van der Waals surface area contributed by atoms with E-state index in [1.165, 1.54) is 0 Å². The quantitative estimate of drug-likeness (QED) is 0.513. The first-order valence-corrected chi connectivity index (χ1v) is 8.90. The lowest BCUT2D eigenvalue weighted by Crippen LogP contribution is -2.11. The summed E-state index contributed by atoms with van der Waals surface area (Å²) in [6.45, 7) is 0. The molecule has 0 atom stereocenters. The van der Waals surface area contributed by atoms with Crippen LogP contribution in [0.1, 0.15) is 10.4 Å². The van der Waals surface area contributed by atoms with Gasteiger partial charge in [0.1, 0.15) is 0 Å². The van der Waals surface area contributed by atoms with E-state index in [4.69, 9.17) is 0 Å². The van der Waals surface area contributed by atoms with Crippen molar-refractivity contribution in [3.8, 4) is 11.3 Å². The number of rotatable bonds is 5. The summed E-state index contributed by atoms with van der Waals surface area (Å²) in [5, 5.41) is 6.06. The third kappa shape index (κ3) is 4.22. The normalized spacial score (nSPS) is 10.3. The first-order chi connectivity index (χ1) is 13.8. The number of hydrogen-bond donors (Lipinski definition) is 2. The second-order valence-corrected chi connectivity index (χ2v) is 6.15. The second-order valence-electron chi connectivity index (χ2n) is 6.15. The molecule has 0 fully saturated rings. The van der Waals surface area contributed by atoms with E-state index < -0.39 is 0 Å². The van der Waals surface area contributed by atoms with Gasteiger partial charge in [-0.25, -0.2) is 9.97 Å². The summed E-state index contributed by atoms with van der Waals surface area (Å²) in [4.78, 5) is 21.2. The SMILES string of the molecule is O=C(Nc1ccccc1)c1ccc(-c2ccnc(Nc3ccccc3)n2)cc1. The minimum Gasteiger partial charge on any atom is -0.324 e. The molecule has 0 spiro atoms. The molecule has 0 aliphatic rings. The van der Waals surface area contributed by atoms with Crippen LogP contribution >= 0.6 is 0 Å². The highest BCUT2D eigenvalue weighted by atomic mass is 16.1. The van der Waals surface area contributed by atoms with E-state index >= 15 is 0 Å². The van der Waals surface area contributed by atoms with E-state index in [1.54, 1.807) is 18.3 Å². The topological polar surface area (TPSA) is 66.9 Å². The zero-order valence-corrected chi connectivity index (χ0v) is 15.0. The van der Waals surface area contributed by atoms with Gasteiger partial charge in [0.25, 0.3) is 5.91 Å². The maximum absolute atomic E-state index is 12.4. The Morgan fingerprint density at radius 2 is 1.36 bits per heavy atom. The minimum absolute atomic E-state index is 0.146. The van der Waals surface area contributed by atoms with E-state index in [-0.39, 0.29) is 5.91 Å². The summed E-state index contributed by atoms with van der Waals surface area (Å²) in [6.07, 6.45) is 1.71. The lowest BCUT2D eigenvalue weighted by Gasteiger charge is -2.08. The molecule has 0 saturated heterocycles. The van der Waals surface area contributed by atoms with Crippen molar-refractivity contribution in [2.45, 2.75) is 0 Å². The monoisotopic (exact) mass is 366 g/mol. The summed E-state index contributed by atoms with van der Waals surface area (Å²) >= 11 is 0. The fourth-order valence-corrected chi connectivity index (χ4v) is 2.75. The lowest BCUT2D eigenvalue weighted by molar-refractivity contribution is 0.102. The van der Waals surface area contributed by atoms with Gasteiger partial charge in [0.05, 0.1) is 5.69 Å². The molecule has 2 N–H and O–H groups in total. The van der Waals surface area contributed by atoms with E-state index in [0.29, 0.717) is 11.5 Å². The van der Waals surface area contributed by atoms with Crippen molar-refractivity contribution in [1.29, 1.82) is 0 Å². The van der Waals surface area contributed by atoms with Gasteiger partial charge in [-0.1, -0.05) is 48.5 Å². The number of nitrogens with zero attached hydrogens (tertiary/aromatic N) is 2. The van der Waals surface area contributed by atoms with Gasteiger partial charge in [0, 0.05) is 28.7 Å². The average molecular weight is 366 g/mol. The smallest absolute Gasteiger partial charge is 0.255 e. The highest BCUT2D eigenvalue weighted by Gasteiger charge is 2.08. The number of nitrogens with one attached hydrogen (secondary N) is 2. The van der Waals surface area contributed by atoms with Gasteiger partial charge in [-0.2, -0.15) is 0 Å². The molecule has 0 unspecified atom stereocenters. The molecule has 3 aromatic carbocycles. The van der Waals surface area contributed by atoms with Crippen molar-refractivity contribution in [1.82, 2.24) is 9.97 Å². The van der Waals surface area contributed by atoms with E-state index in [1.807, 2.05) is 78.9 Å². The zero-order chi connectivity index (χ0) is 19.2. The average Bonchev–Trinajstić information content (AvgIpc) is 2.75. The van der Waals surface area contributed by atoms with E-state index in [0.717, 1.165) is 22.6 Å². The Morgan fingerprint density at radius 3 is 2.04 bits per heavy atom. The Bertz CT molecular complexity index is 1060. The summed E-state index contributed by atoms with van der Waals surface area (Å²) in [6, 6.07) is 28.3. The molecule has 4 aromatic rings. The molecule has 0 aliphatic carbocycles. The molecule has 1 amide bonds. The van der Waals surface area contributed by atoms with Crippen molar-refractivity contribution in [2.24, 2.45) is 0 Å². The van der Waals surface area contributed by atoms with E-state index in [2.05, 4.69) is 20.6 Å². The molecule has 5 nitrogen and oxygen atoms in total. The van der Waals surface area contributed by atoms with Crippen LogP contribution in [0.2, 0.25) is 0 Å². The molecule has 0 bridgehead atoms. The summed E-state index contributed by atoms with van der Waals surface area (Å²) in [7, 11) is 0. The van der Waals surface area contributed by atoms with Gasteiger partial charge in [0.15, 0.2) is 0 Å². The maximum Gasteiger partial charge on any atom is 0.255 e. The predicted octanol–water partition coefficient (Wildman–Crippen LogP) is 5.14. The van der Waals surface area contributed by atoms with Gasteiger partial charge in [0.2, 0.25) is 5.95 Å². The van der Waals surface area contributed by atoms with Gasteiger partial charge < -0.3 is 10.6 Å².